The number of fused-ring (bicyclic) bond motifs is 5. The minimum atomic E-state index is -1.19. The van der Waals surface area contributed by atoms with Crippen molar-refractivity contribution < 1.29 is 33.4 Å². The molecule has 8 nitrogen and oxygen atoms in total. The van der Waals surface area contributed by atoms with E-state index in [1.807, 2.05) is 0 Å². The molecule has 0 aliphatic carbocycles. The quantitative estimate of drug-likeness (QED) is 0.226. The number of amides is 2. The molecule has 0 saturated carbocycles. The Hall–Kier alpha value is -1.26. The minimum Gasteiger partial charge on any atom is -0.461 e. The maximum atomic E-state index is 12.9. The number of ether oxygens (including phenoxy) is 3. The van der Waals surface area contributed by atoms with Crippen molar-refractivity contribution in [1.82, 2.24) is 4.90 Å². The van der Waals surface area contributed by atoms with Crippen LogP contribution in [0.4, 0.5) is 0 Å². The highest BCUT2D eigenvalue weighted by molar-refractivity contribution is 9.10. The first-order chi connectivity index (χ1) is 12.8. The lowest BCUT2D eigenvalue weighted by Gasteiger charge is -2.29. The number of nitrogens with zero attached hydrogens (tertiary/aromatic N) is 1. The summed E-state index contributed by atoms with van der Waals surface area (Å²) in [6.45, 7) is 5.84. The normalized spacial score (nSPS) is 31.4. The molecule has 3 aliphatic rings. The topological polar surface area (TPSA) is 99.2 Å². The Morgan fingerprint density at radius 2 is 1.68 bits per heavy atom. The van der Waals surface area contributed by atoms with Crippen LogP contribution in [0, 0.1) is 11.8 Å². The van der Waals surface area contributed by atoms with Crippen molar-refractivity contribution >= 4 is 55.6 Å². The molecule has 0 aromatic rings. The maximum absolute atomic E-state index is 12.9. The fourth-order valence-corrected chi connectivity index (χ4v) is 3.73. The molecule has 10 heteroatoms. The third-order valence-corrected chi connectivity index (χ3v) is 5.62. The van der Waals surface area contributed by atoms with Gasteiger partial charge in [0.15, 0.2) is 6.73 Å². The fourth-order valence-electron chi connectivity index (χ4n) is 3.50. The molecular formula is C18H21Br2NO7. The van der Waals surface area contributed by atoms with Crippen molar-refractivity contribution in [3.63, 3.8) is 0 Å². The van der Waals surface area contributed by atoms with Crippen molar-refractivity contribution in [2.75, 3.05) is 13.3 Å². The predicted octanol–water partition coefficient (Wildman–Crippen LogP) is 1.69. The van der Waals surface area contributed by atoms with Crippen LogP contribution in [-0.4, -0.2) is 62.3 Å². The van der Waals surface area contributed by atoms with Gasteiger partial charge in [0.05, 0.1) is 17.9 Å². The lowest BCUT2D eigenvalue weighted by molar-refractivity contribution is -0.163. The second-order valence-corrected chi connectivity index (χ2v) is 12.1. The lowest BCUT2D eigenvalue weighted by atomic mass is 9.77. The molecule has 3 aliphatic heterocycles. The van der Waals surface area contributed by atoms with Crippen molar-refractivity contribution in [2.45, 2.75) is 48.0 Å². The molecule has 3 rings (SSSR count). The van der Waals surface area contributed by atoms with Gasteiger partial charge in [0.2, 0.25) is 11.8 Å². The Balaban J connectivity index is 1.74. The zero-order chi connectivity index (χ0) is 21.1. The van der Waals surface area contributed by atoms with E-state index in [9.17, 15) is 19.2 Å². The summed E-state index contributed by atoms with van der Waals surface area (Å²) in [7, 11) is 0. The van der Waals surface area contributed by atoms with Gasteiger partial charge < -0.3 is 14.2 Å². The molecule has 28 heavy (non-hydrogen) atoms. The number of likely N-dealkylation sites (tertiary alicyclic amines) is 1. The third-order valence-electron chi connectivity index (χ3n) is 4.97. The van der Waals surface area contributed by atoms with Gasteiger partial charge in [0.25, 0.3) is 0 Å². The molecule has 3 heterocycles. The molecule has 2 saturated heterocycles. The van der Waals surface area contributed by atoms with Gasteiger partial charge in [-0.1, -0.05) is 37.9 Å². The van der Waals surface area contributed by atoms with Crippen LogP contribution in [0.3, 0.4) is 0 Å². The molecule has 0 N–H and O–H groups in total. The highest BCUT2D eigenvalue weighted by Crippen LogP contribution is 2.52. The average Bonchev–Trinajstić information content (AvgIpc) is 3.20. The Morgan fingerprint density at radius 3 is 2.25 bits per heavy atom. The average molecular weight is 523 g/mol. The minimum absolute atomic E-state index is 0.184. The first-order valence-corrected chi connectivity index (χ1v) is 10.3. The number of imide groups is 1. The van der Waals surface area contributed by atoms with E-state index in [4.69, 9.17) is 14.2 Å². The van der Waals surface area contributed by atoms with Crippen LogP contribution < -0.4 is 0 Å². The van der Waals surface area contributed by atoms with E-state index >= 15 is 0 Å². The van der Waals surface area contributed by atoms with Crippen molar-refractivity contribution in [2.24, 2.45) is 11.8 Å². The molecule has 154 valence electrons. The van der Waals surface area contributed by atoms with Crippen LogP contribution in [0.1, 0.15) is 27.7 Å². The second kappa shape index (κ2) is 6.91. The van der Waals surface area contributed by atoms with E-state index in [-0.39, 0.29) is 6.61 Å². The van der Waals surface area contributed by atoms with E-state index in [0.717, 1.165) is 4.90 Å². The number of esters is 2. The third kappa shape index (κ3) is 3.54. The molecule has 0 aromatic carbocycles. The molecule has 2 fully saturated rings. The summed E-state index contributed by atoms with van der Waals surface area (Å²) in [4.78, 5) is 50.7. The summed E-state index contributed by atoms with van der Waals surface area (Å²) >= 11 is 6.40. The first kappa shape index (κ1) is 21.4. The number of alkyl halides is 2. The molecule has 4 atom stereocenters. The van der Waals surface area contributed by atoms with Gasteiger partial charge in [-0.15, -0.1) is 0 Å². The Labute approximate surface area is 179 Å². The van der Waals surface area contributed by atoms with Gasteiger partial charge in [0.1, 0.15) is 20.9 Å². The summed E-state index contributed by atoms with van der Waals surface area (Å²) in [5.74, 6) is -3.60. The number of carbonyl (C=O) groups excluding carboxylic acids is 4. The summed E-state index contributed by atoms with van der Waals surface area (Å²) in [5, 5.41) is 0. The van der Waals surface area contributed by atoms with Crippen molar-refractivity contribution in [3.8, 4) is 0 Å². The van der Waals surface area contributed by atoms with Crippen molar-refractivity contribution in [1.29, 1.82) is 0 Å². The van der Waals surface area contributed by atoms with E-state index in [1.165, 1.54) is 0 Å². The number of hydrogen-bond donors (Lipinski definition) is 0. The predicted molar refractivity (Wildman–Crippen MR) is 104 cm³/mol. The Morgan fingerprint density at radius 1 is 1.11 bits per heavy atom. The second-order valence-electron chi connectivity index (χ2n) is 8.09. The molecule has 2 bridgehead atoms. The van der Waals surface area contributed by atoms with Gasteiger partial charge in [-0.3, -0.25) is 19.2 Å². The molecule has 0 aromatic heterocycles. The standard InChI is InChI=1S/C18H21Br2NO7/c1-16(2,19)14(24)26-7-18-6-5-9(28-18)10-11(18)13(23)21(12(10)22)8-27-15(25)17(3,4)20/h5-6,9-11H,7-8H2,1-4H3. The number of halogens is 2. The number of hydrogen-bond acceptors (Lipinski definition) is 7. The Kier molecular flexibility index (Phi) is 5.30. The van der Waals surface area contributed by atoms with Crippen LogP contribution in [-0.2, 0) is 33.4 Å². The fraction of sp³-hybridized carbons (Fsp3) is 0.667. The van der Waals surface area contributed by atoms with Crippen LogP contribution in [0.5, 0.6) is 0 Å². The zero-order valence-corrected chi connectivity index (χ0v) is 19.0. The summed E-state index contributed by atoms with van der Waals surface area (Å²) < 4.78 is 14.5. The van der Waals surface area contributed by atoms with Gasteiger partial charge in [-0.25, -0.2) is 4.90 Å². The van der Waals surface area contributed by atoms with Gasteiger partial charge >= 0.3 is 11.9 Å². The summed E-state index contributed by atoms with van der Waals surface area (Å²) in [6.07, 6.45) is 2.80. The smallest absolute Gasteiger partial charge is 0.324 e. The van der Waals surface area contributed by atoms with Crippen LogP contribution in [0.2, 0.25) is 0 Å². The van der Waals surface area contributed by atoms with Crippen molar-refractivity contribution in [3.05, 3.63) is 12.2 Å². The van der Waals surface area contributed by atoms with Gasteiger partial charge in [-0.05, 0) is 33.8 Å². The van der Waals surface area contributed by atoms with Crippen LogP contribution in [0.25, 0.3) is 0 Å². The summed E-state index contributed by atoms with van der Waals surface area (Å²) in [5.41, 5.74) is -1.19. The first-order valence-electron chi connectivity index (χ1n) is 8.72. The molecule has 2 amide bonds. The molecule has 0 radical (unpaired) electrons. The summed E-state index contributed by atoms with van der Waals surface area (Å²) in [6, 6.07) is 0. The molecule has 0 spiro atoms. The van der Waals surface area contributed by atoms with E-state index < -0.39 is 62.7 Å². The molecule has 4 unspecified atom stereocenters. The molecular weight excluding hydrogens is 502 g/mol. The maximum Gasteiger partial charge on any atom is 0.324 e. The number of carbonyl (C=O) groups is 4. The SMILES string of the molecule is CC(C)(Br)C(=O)OCN1C(=O)C2C3C=CC(COC(=O)C(C)(C)Br)(O3)C2C1=O. The number of rotatable bonds is 6. The Bertz CT molecular complexity index is 767. The largest absolute Gasteiger partial charge is 0.461 e. The highest BCUT2D eigenvalue weighted by atomic mass is 79.9. The van der Waals surface area contributed by atoms with Crippen LogP contribution in [0.15, 0.2) is 12.2 Å². The van der Waals surface area contributed by atoms with Gasteiger partial charge in [0, 0.05) is 0 Å². The monoisotopic (exact) mass is 521 g/mol. The van der Waals surface area contributed by atoms with Gasteiger partial charge in [-0.2, -0.15) is 0 Å². The zero-order valence-electron chi connectivity index (χ0n) is 15.9. The van der Waals surface area contributed by atoms with E-state index in [0.29, 0.717) is 0 Å². The van der Waals surface area contributed by atoms with E-state index in [2.05, 4.69) is 31.9 Å². The highest BCUT2D eigenvalue weighted by Gasteiger charge is 2.68. The van der Waals surface area contributed by atoms with E-state index in [1.54, 1.807) is 39.8 Å². The van der Waals surface area contributed by atoms with Crippen LogP contribution >= 0.6 is 31.9 Å². The lowest BCUT2D eigenvalue weighted by Crippen LogP contribution is -2.46.